The summed E-state index contributed by atoms with van der Waals surface area (Å²) in [6.07, 6.45) is 6.57. The van der Waals surface area contributed by atoms with Gasteiger partial charge < -0.3 is 10.5 Å². The highest BCUT2D eigenvalue weighted by Gasteiger charge is 2.05. The van der Waals surface area contributed by atoms with Crippen molar-refractivity contribution in [2.75, 3.05) is 12.3 Å². The molecule has 2 aromatic rings. The van der Waals surface area contributed by atoms with Gasteiger partial charge in [-0.05, 0) is 30.7 Å². The average Bonchev–Trinajstić information content (AvgIpc) is 2.41. The Kier molecular flexibility index (Phi) is 4.40. The Labute approximate surface area is 108 Å². The molecule has 0 fully saturated rings. The Morgan fingerprint density at radius 3 is 2.89 bits per heavy atom. The lowest BCUT2D eigenvalue weighted by Crippen LogP contribution is -2.01. The van der Waals surface area contributed by atoms with E-state index in [1.807, 2.05) is 24.3 Å². The minimum Gasteiger partial charge on any atom is -0.491 e. The molecule has 0 aliphatic rings. The molecule has 0 bridgehead atoms. The van der Waals surface area contributed by atoms with Crippen molar-refractivity contribution in [3.63, 3.8) is 0 Å². The summed E-state index contributed by atoms with van der Waals surface area (Å²) >= 11 is 0. The van der Waals surface area contributed by atoms with E-state index in [1.165, 1.54) is 19.3 Å². The number of hydrogen-bond donors (Lipinski definition) is 1. The number of fused-ring (bicyclic) bond motifs is 1. The van der Waals surface area contributed by atoms with Crippen molar-refractivity contribution in [2.24, 2.45) is 0 Å². The van der Waals surface area contributed by atoms with Crippen LogP contribution in [-0.4, -0.2) is 11.6 Å². The summed E-state index contributed by atoms with van der Waals surface area (Å²) in [6.45, 7) is 2.94. The topological polar surface area (TPSA) is 48.1 Å². The fourth-order valence-electron chi connectivity index (χ4n) is 1.99. The molecule has 0 aliphatic heterocycles. The van der Waals surface area contributed by atoms with Gasteiger partial charge >= 0.3 is 0 Å². The summed E-state index contributed by atoms with van der Waals surface area (Å²) in [4.78, 5) is 4.27. The number of unbranched alkanes of at least 4 members (excludes halogenated alkanes) is 3. The zero-order chi connectivity index (χ0) is 12.8. The predicted molar refractivity (Wildman–Crippen MR) is 75.8 cm³/mol. The molecule has 3 nitrogen and oxygen atoms in total. The van der Waals surface area contributed by atoms with Crippen LogP contribution in [-0.2, 0) is 0 Å². The molecule has 0 unspecified atom stereocenters. The third-order valence-corrected chi connectivity index (χ3v) is 3.04. The van der Waals surface area contributed by atoms with Crippen molar-refractivity contribution in [3.8, 4) is 5.75 Å². The maximum absolute atomic E-state index is 6.09. The second-order valence-electron chi connectivity index (χ2n) is 4.46. The highest BCUT2D eigenvalue weighted by molar-refractivity contribution is 5.93. The predicted octanol–water partition coefficient (Wildman–Crippen LogP) is 3.78. The van der Waals surface area contributed by atoms with Crippen LogP contribution in [0.5, 0.6) is 5.75 Å². The Hall–Kier alpha value is -1.77. The zero-order valence-corrected chi connectivity index (χ0v) is 10.9. The number of ether oxygens (including phenoxy) is 1. The second-order valence-corrected chi connectivity index (χ2v) is 4.46. The number of rotatable bonds is 6. The zero-order valence-electron chi connectivity index (χ0n) is 10.9. The first-order valence-electron chi connectivity index (χ1n) is 6.59. The van der Waals surface area contributed by atoms with Gasteiger partial charge in [0.1, 0.15) is 5.75 Å². The second kappa shape index (κ2) is 6.24. The maximum Gasteiger partial charge on any atom is 0.142 e. The van der Waals surface area contributed by atoms with E-state index in [0.29, 0.717) is 5.69 Å². The molecule has 0 amide bonds. The number of benzene rings is 1. The molecule has 0 spiro atoms. The smallest absolute Gasteiger partial charge is 0.142 e. The van der Waals surface area contributed by atoms with Crippen molar-refractivity contribution in [1.82, 2.24) is 4.98 Å². The van der Waals surface area contributed by atoms with E-state index in [1.54, 1.807) is 6.20 Å². The summed E-state index contributed by atoms with van der Waals surface area (Å²) in [5, 5.41) is 0.962. The van der Waals surface area contributed by atoms with Crippen molar-refractivity contribution in [1.29, 1.82) is 0 Å². The van der Waals surface area contributed by atoms with E-state index >= 15 is 0 Å². The standard InChI is InChI=1S/C15H20N2O/c1-2-3-4-5-11-18-14-9-8-13-12(15(14)16)7-6-10-17-13/h6-10H,2-5,11,16H2,1H3. The number of nitrogen functional groups attached to an aromatic ring is 1. The molecule has 1 aromatic heterocycles. The first-order valence-corrected chi connectivity index (χ1v) is 6.59. The molecule has 1 heterocycles. The fourth-order valence-corrected chi connectivity index (χ4v) is 1.99. The number of nitrogens with zero attached hydrogens (tertiary/aromatic N) is 1. The van der Waals surface area contributed by atoms with Crippen molar-refractivity contribution in [3.05, 3.63) is 30.5 Å². The lowest BCUT2D eigenvalue weighted by molar-refractivity contribution is 0.307. The molecule has 0 aliphatic carbocycles. The van der Waals surface area contributed by atoms with Crippen LogP contribution in [0.15, 0.2) is 30.5 Å². The van der Waals surface area contributed by atoms with Gasteiger partial charge in [0, 0.05) is 11.6 Å². The minimum atomic E-state index is 0.691. The van der Waals surface area contributed by atoms with Crippen LogP contribution in [0.4, 0.5) is 5.69 Å². The molecule has 96 valence electrons. The lowest BCUT2D eigenvalue weighted by Gasteiger charge is -2.10. The molecule has 18 heavy (non-hydrogen) atoms. The first kappa shape index (κ1) is 12.7. The largest absolute Gasteiger partial charge is 0.491 e. The van der Waals surface area contributed by atoms with Gasteiger partial charge in [0.25, 0.3) is 0 Å². The Bertz CT molecular complexity index is 511. The maximum atomic E-state index is 6.09. The summed E-state index contributed by atoms with van der Waals surface area (Å²) in [7, 11) is 0. The molecule has 0 atom stereocenters. The van der Waals surface area contributed by atoms with Gasteiger partial charge in [-0.3, -0.25) is 4.98 Å². The third-order valence-electron chi connectivity index (χ3n) is 3.04. The monoisotopic (exact) mass is 244 g/mol. The van der Waals surface area contributed by atoms with E-state index < -0.39 is 0 Å². The Morgan fingerprint density at radius 1 is 1.17 bits per heavy atom. The van der Waals surface area contributed by atoms with E-state index in [9.17, 15) is 0 Å². The number of nitrogens with two attached hydrogens (primary N) is 1. The Balaban J connectivity index is 2.03. The van der Waals surface area contributed by atoms with Crippen LogP contribution in [0.1, 0.15) is 32.6 Å². The normalized spacial score (nSPS) is 10.7. The average molecular weight is 244 g/mol. The Morgan fingerprint density at radius 2 is 2.06 bits per heavy atom. The molecular weight excluding hydrogens is 224 g/mol. The van der Waals surface area contributed by atoms with Gasteiger partial charge in [0.15, 0.2) is 0 Å². The molecule has 3 heteroatoms. The molecule has 1 aromatic carbocycles. The van der Waals surface area contributed by atoms with Crippen LogP contribution in [0.25, 0.3) is 10.9 Å². The van der Waals surface area contributed by atoms with Crippen LogP contribution < -0.4 is 10.5 Å². The van der Waals surface area contributed by atoms with Crippen molar-refractivity contribution >= 4 is 16.6 Å². The summed E-state index contributed by atoms with van der Waals surface area (Å²) < 4.78 is 5.74. The number of hydrogen-bond acceptors (Lipinski definition) is 3. The summed E-state index contributed by atoms with van der Waals surface area (Å²) in [6, 6.07) is 7.73. The lowest BCUT2D eigenvalue weighted by atomic mass is 10.1. The first-order chi connectivity index (χ1) is 8.83. The van der Waals surface area contributed by atoms with E-state index in [0.717, 1.165) is 29.7 Å². The van der Waals surface area contributed by atoms with Crippen LogP contribution in [0.3, 0.4) is 0 Å². The van der Waals surface area contributed by atoms with Crippen LogP contribution in [0, 0.1) is 0 Å². The molecule has 0 saturated carbocycles. The van der Waals surface area contributed by atoms with E-state index in [4.69, 9.17) is 10.5 Å². The summed E-state index contributed by atoms with van der Waals surface area (Å²) in [5.74, 6) is 0.770. The van der Waals surface area contributed by atoms with Gasteiger partial charge in [-0.2, -0.15) is 0 Å². The third kappa shape index (κ3) is 2.92. The highest BCUT2D eigenvalue weighted by Crippen LogP contribution is 2.29. The SMILES string of the molecule is CCCCCCOc1ccc2ncccc2c1N. The quantitative estimate of drug-likeness (QED) is 0.621. The van der Waals surface area contributed by atoms with Gasteiger partial charge in [0.05, 0.1) is 17.8 Å². The highest BCUT2D eigenvalue weighted by atomic mass is 16.5. The van der Waals surface area contributed by atoms with E-state index in [-0.39, 0.29) is 0 Å². The van der Waals surface area contributed by atoms with Crippen LogP contribution in [0.2, 0.25) is 0 Å². The number of pyridine rings is 1. The van der Waals surface area contributed by atoms with E-state index in [2.05, 4.69) is 11.9 Å². The fraction of sp³-hybridized carbons (Fsp3) is 0.400. The van der Waals surface area contributed by atoms with Gasteiger partial charge in [-0.25, -0.2) is 0 Å². The van der Waals surface area contributed by atoms with Gasteiger partial charge in [-0.15, -0.1) is 0 Å². The van der Waals surface area contributed by atoms with Gasteiger partial charge in [-0.1, -0.05) is 26.2 Å². The molecule has 0 saturated heterocycles. The van der Waals surface area contributed by atoms with Crippen molar-refractivity contribution in [2.45, 2.75) is 32.6 Å². The minimum absolute atomic E-state index is 0.691. The van der Waals surface area contributed by atoms with Gasteiger partial charge in [0.2, 0.25) is 0 Å². The number of anilines is 1. The van der Waals surface area contributed by atoms with Crippen molar-refractivity contribution < 1.29 is 4.74 Å². The molecule has 2 N–H and O–H groups in total. The summed E-state index contributed by atoms with van der Waals surface area (Å²) in [5.41, 5.74) is 7.70. The molecule has 2 rings (SSSR count). The molecular formula is C15H20N2O. The molecule has 0 radical (unpaired) electrons. The number of aromatic nitrogens is 1. The van der Waals surface area contributed by atoms with Crippen LogP contribution >= 0.6 is 0 Å².